The van der Waals surface area contributed by atoms with Crippen LogP contribution in [0.25, 0.3) is 10.8 Å². The first kappa shape index (κ1) is 19.6. The monoisotopic (exact) mass is 389 g/mol. The topological polar surface area (TPSA) is 71.5 Å². The molecule has 27 heavy (non-hydrogen) atoms. The molecule has 7 heteroatoms. The van der Waals surface area contributed by atoms with E-state index in [2.05, 4.69) is 10.3 Å². The van der Waals surface area contributed by atoms with Gasteiger partial charge < -0.3 is 15.0 Å². The molecule has 146 valence electrons. The molecule has 6 nitrogen and oxygen atoms in total. The van der Waals surface area contributed by atoms with Gasteiger partial charge in [0.2, 0.25) is 0 Å². The molecule has 3 rings (SSSR count). The van der Waals surface area contributed by atoms with Crippen molar-refractivity contribution in [2.45, 2.75) is 50.2 Å². The quantitative estimate of drug-likeness (QED) is 0.865. The van der Waals surface area contributed by atoms with E-state index in [0.29, 0.717) is 13.1 Å². The van der Waals surface area contributed by atoms with E-state index >= 15 is 0 Å². The summed E-state index contributed by atoms with van der Waals surface area (Å²) in [5.74, 6) is 0. The lowest BCUT2D eigenvalue weighted by atomic mass is 10.0. The second kappa shape index (κ2) is 7.84. The number of nitrogens with one attached hydrogen (secondary N) is 1. The maximum Gasteiger partial charge on any atom is 0.410 e. The Labute approximate surface area is 162 Å². The number of ether oxygens (including phenoxy) is 1. The molecule has 1 fully saturated rings. The van der Waals surface area contributed by atoms with Crippen LogP contribution >= 0.6 is 0 Å². The molecule has 0 radical (unpaired) electrons. The highest BCUT2D eigenvalue weighted by Crippen LogP contribution is 2.30. The zero-order valence-electron chi connectivity index (χ0n) is 16.3. The molecule has 0 spiro atoms. The second-order valence-electron chi connectivity index (χ2n) is 7.88. The predicted molar refractivity (Wildman–Crippen MR) is 109 cm³/mol. The van der Waals surface area contributed by atoms with E-state index < -0.39 is 16.4 Å². The number of piperidine rings is 1. The number of amides is 1. The number of carbonyl (C=O) groups is 1. The summed E-state index contributed by atoms with van der Waals surface area (Å²) in [6.07, 6.45) is 6.57. The minimum atomic E-state index is -1.11. The predicted octanol–water partition coefficient (Wildman–Crippen LogP) is 3.78. The number of pyridine rings is 1. The summed E-state index contributed by atoms with van der Waals surface area (Å²) in [7, 11) is -1.11. The minimum absolute atomic E-state index is 0.249. The van der Waals surface area contributed by atoms with E-state index in [1.807, 2.05) is 39.0 Å². The summed E-state index contributed by atoms with van der Waals surface area (Å²) >= 11 is 0. The van der Waals surface area contributed by atoms with E-state index in [0.717, 1.165) is 34.2 Å². The zero-order chi connectivity index (χ0) is 19.6. The molecule has 1 amide bonds. The molecule has 1 aromatic heterocycles. The molecule has 1 aliphatic heterocycles. The number of nitrogens with zero attached hydrogens (tertiary/aromatic N) is 2. The van der Waals surface area contributed by atoms with Crippen molar-refractivity contribution in [1.29, 1.82) is 0 Å². The van der Waals surface area contributed by atoms with Crippen LogP contribution in [0.1, 0.15) is 33.6 Å². The van der Waals surface area contributed by atoms with Gasteiger partial charge in [0, 0.05) is 54.2 Å². The summed E-state index contributed by atoms with van der Waals surface area (Å²) < 4.78 is 17.6. The van der Waals surface area contributed by atoms with Gasteiger partial charge in [-0.05, 0) is 39.7 Å². The summed E-state index contributed by atoms with van der Waals surface area (Å²) in [5.41, 5.74) is 0.492. The van der Waals surface area contributed by atoms with Crippen molar-refractivity contribution >= 4 is 33.4 Å². The number of aromatic nitrogens is 1. The van der Waals surface area contributed by atoms with Gasteiger partial charge in [0.25, 0.3) is 0 Å². The van der Waals surface area contributed by atoms with Crippen LogP contribution in [0, 0.1) is 0 Å². The maximum absolute atomic E-state index is 12.2. The van der Waals surface area contributed by atoms with Crippen LogP contribution < -0.4 is 5.32 Å². The van der Waals surface area contributed by atoms with Gasteiger partial charge >= 0.3 is 6.09 Å². The van der Waals surface area contributed by atoms with Gasteiger partial charge in [-0.2, -0.15) is 0 Å². The third kappa shape index (κ3) is 4.77. The molecular formula is C20H27N3O3S. The van der Waals surface area contributed by atoms with Crippen LogP contribution in [0.3, 0.4) is 0 Å². The molecule has 1 unspecified atom stereocenters. The van der Waals surface area contributed by atoms with Crippen molar-refractivity contribution in [3.63, 3.8) is 0 Å². The summed E-state index contributed by atoms with van der Waals surface area (Å²) in [6, 6.07) is 6.22. The minimum Gasteiger partial charge on any atom is -0.444 e. The fourth-order valence-corrected chi connectivity index (χ4v) is 4.02. The molecule has 1 atom stereocenters. The molecule has 0 bridgehead atoms. The summed E-state index contributed by atoms with van der Waals surface area (Å²) in [4.78, 5) is 18.9. The number of rotatable bonds is 3. The highest BCUT2D eigenvalue weighted by Gasteiger charge is 2.27. The highest BCUT2D eigenvalue weighted by molar-refractivity contribution is 7.84. The Morgan fingerprint density at radius 3 is 2.59 bits per heavy atom. The second-order valence-corrected chi connectivity index (χ2v) is 9.23. The average molecular weight is 390 g/mol. The number of fused-ring (bicyclic) bond motifs is 1. The Kier molecular flexibility index (Phi) is 5.69. The Morgan fingerprint density at radius 2 is 1.96 bits per heavy atom. The number of hydrogen-bond donors (Lipinski definition) is 1. The lowest BCUT2D eigenvalue weighted by molar-refractivity contribution is 0.0210. The molecule has 1 aromatic carbocycles. The van der Waals surface area contributed by atoms with Crippen LogP contribution in [-0.2, 0) is 15.5 Å². The Bertz CT molecular complexity index is 850. The van der Waals surface area contributed by atoms with Crippen molar-refractivity contribution in [2.24, 2.45) is 0 Å². The maximum atomic E-state index is 12.2. The average Bonchev–Trinajstić information content (AvgIpc) is 2.60. The molecule has 0 aliphatic carbocycles. The molecule has 2 aromatic rings. The van der Waals surface area contributed by atoms with Gasteiger partial charge in [0.05, 0.1) is 15.7 Å². The van der Waals surface area contributed by atoms with Crippen molar-refractivity contribution in [3.05, 3.63) is 30.6 Å². The lowest BCUT2D eigenvalue weighted by Gasteiger charge is -2.34. The first-order chi connectivity index (χ1) is 12.7. The van der Waals surface area contributed by atoms with Crippen LogP contribution in [-0.4, -0.2) is 51.2 Å². The Balaban J connectivity index is 1.71. The number of hydrogen-bond acceptors (Lipinski definition) is 5. The van der Waals surface area contributed by atoms with Crippen molar-refractivity contribution in [3.8, 4) is 0 Å². The first-order valence-corrected chi connectivity index (χ1v) is 10.7. The molecule has 1 aliphatic rings. The third-order valence-corrected chi connectivity index (χ3v) is 5.49. The van der Waals surface area contributed by atoms with Crippen molar-refractivity contribution < 1.29 is 13.7 Å². The van der Waals surface area contributed by atoms with Gasteiger partial charge in [-0.25, -0.2) is 4.79 Å². The van der Waals surface area contributed by atoms with E-state index in [1.54, 1.807) is 23.5 Å². The van der Waals surface area contributed by atoms with Crippen molar-refractivity contribution in [1.82, 2.24) is 9.88 Å². The van der Waals surface area contributed by atoms with Crippen LogP contribution in [0.2, 0.25) is 0 Å². The summed E-state index contributed by atoms with van der Waals surface area (Å²) in [5, 5.41) is 5.52. The number of benzene rings is 1. The fraction of sp³-hybridized carbons (Fsp3) is 0.500. The molecule has 1 N–H and O–H groups in total. The van der Waals surface area contributed by atoms with Crippen molar-refractivity contribution in [2.75, 3.05) is 24.7 Å². The molecule has 2 heterocycles. The molecule has 0 saturated carbocycles. The van der Waals surface area contributed by atoms with Crippen LogP contribution in [0.15, 0.2) is 35.5 Å². The van der Waals surface area contributed by atoms with Gasteiger partial charge in [0.15, 0.2) is 0 Å². The Morgan fingerprint density at radius 1 is 1.26 bits per heavy atom. The zero-order valence-corrected chi connectivity index (χ0v) is 17.1. The first-order valence-electron chi connectivity index (χ1n) is 9.19. The van der Waals surface area contributed by atoms with E-state index in [9.17, 15) is 9.00 Å². The van der Waals surface area contributed by atoms with Gasteiger partial charge in [-0.15, -0.1) is 0 Å². The Hall–Kier alpha value is -2.15. The lowest BCUT2D eigenvalue weighted by Crippen LogP contribution is -2.44. The van der Waals surface area contributed by atoms with Crippen LogP contribution in [0.5, 0.6) is 0 Å². The number of anilines is 1. The number of carbonyl (C=O) groups excluding carboxylic acids is 1. The normalized spacial score (nSPS) is 17.0. The van der Waals surface area contributed by atoms with Crippen LogP contribution in [0.4, 0.5) is 10.5 Å². The van der Waals surface area contributed by atoms with E-state index in [4.69, 9.17) is 4.74 Å². The highest BCUT2D eigenvalue weighted by atomic mass is 32.2. The van der Waals surface area contributed by atoms with Gasteiger partial charge in [-0.1, -0.05) is 12.1 Å². The largest absolute Gasteiger partial charge is 0.444 e. The van der Waals surface area contributed by atoms with Gasteiger partial charge in [0.1, 0.15) is 5.60 Å². The standard InChI is InChI=1S/C20H27N3O3S/c1-20(2,3)26-19(24)23-10-8-15(9-11-23)22-16-7-5-6-14-12-21-13-17(18(14)16)27(4)25/h5-7,12-13,15,22H,8-11H2,1-4H3. The van der Waals surface area contributed by atoms with E-state index in [1.165, 1.54) is 0 Å². The molecular weight excluding hydrogens is 362 g/mol. The molecule has 1 saturated heterocycles. The fourth-order valence-electron chi connectivity index (χ4n) is 3.29. The van der Waals surface area contributed by atoms with E-state index in [-0.39, 0.29) is 12.1 Å². The smallest absolute Gasteiger partial charge is 0.410 e. The number of likely N-dealkylation sites (tertiary alicyclic amines) is 1. The third-order valence-electron chi connectivity index (χ3n) is 4.56. The van der Waals surface area contributed by atoms with Gasteiger partial charge in [-0.3, -0.25) is 9.19 Å². The SMILES string of the molecule is CS(=O)c1cncc2cccc(NC3CCN(C(=O)OC(C)(C)C)CC3)c12. The summed E-state index contributed by atoms with van der Waals surface area (Å²) in [6.45, 7) is 6.95.